The topological polar surface area (TPSA) is 46.2 Å². The highest BCUT2D eigenvalue weighted by atomic mass is 79.9. The van der Waals surface area contributed by atoms with Gasteiger partial charge in [0.15, 0.2) is 0 Å². The molecular weight excluding hydrogens is 286 g/mol. The van der Waals surface area contributed by atoms with Crippen molar-refractivity contribution in [2.75, 3.05) is 18.1 Å². The number of aliphatic hydroxyl groups is 1. The van der Waals surface area contributed by atoms with E-state index in [-0.39, 0.29) is 0 Å². The van der Waals surface area contributed by atoms with Gasteiger partial charge in [-0.05, 0) is 52.7 Å². The fourth-order valence-corrected chi connectivity index (χ4v) is 3.05. The van der Waals surface area contributed by atoms with Crippen LogP contribution in [0.3, 0.4) is 0 Å². The van der Waals surface area contributed by atoms with Gasteiger partial charge < -0.3 is 10.8 Å². The van der Waals surface area contributed by atoms with Crippen molar-refractivity contribution >= 4 is 33.4 Å². The van der Waals surface area contributed by atoms with Crippen LogP contribution in [0.1, 0.15) is 25.7 Å². The van der Waals surface area contributed by atoms with E-state index in [2.05, 4.69) is 22.0 Å². The highest BCUT2D eigenvalue weighted by Gasteiger charge is 2.00. The molecule has 0 aliphatic rings. The number of unbranched alkanes of at least 4 members (excludes halogenated alkanes) is 3. The third-order valence-corrected chi connectivity index (χ3v) is 4.34. The van der Waals surface area contributed by atoms with E-state index in [1.165, 1.54) is 17.7 Å². The molecule has 0 bridgehead atoms. The third kappa shape index (κ3) is 5.23. The Bertz CT molecular complexity index is 320. The van der Waals surface area contributed by atoms with Gasteiger partial charge >= 0.3 is 0 Å². The molecule has 1 aromatic rings. The maximum atomic E-state index is 8.64. The summed E-state index contributed by atoms with van der Waals surface area (Å²) in [6.07, 6.45) is 4.44. The van der Waals surface area contributed by atoms with Crippen molar-refractivity contribution in [2.45, 2.75) is 30.6 Å². The largest absolute Gasteiger partial charge is 0.399 e. The average Bonchev–Trinajstić information content (AvgIpc) is 2.26. The zero-order valence-electron chi connectivity index (χ0n) is 9.29. The lowest BCUT2D eigenvalue weighted by atomic mass is 10.2. The minimum absolute atomic E-state index is 0.316. The Morgan fingerprint density at radius 3 is 2.62 bits per heavy atom. The second-order valence-corrected chi connectivity index (χ2v) is 5.67. The molecule has 1 aromatic carbocycles. The number of benzene rings is 1. The Kier molecular flexibility index (Phi) is 6.92. The summed E-state index contributed by atoms with van der Waals surface area (Å²) in [5.41, 5.74) is 6.47. The Morgan fingerprint density at radius 1 is 1.19 bits per heavy atom. The Morgan fingerprint density at radius 2 is 1.94 bits per heavy atom. The number of nitrogens with two attached hydrogens (primary N) is 1. The normalized spacial score (nSPS) is 10.6. The van der Waals surface area contributed by atoms with E-state index < -0.39 is 0 Å². The minimum atomic E-state index is 0.316. The van der Waals surface area contributed by atoms with Crippen LogP contribution in [0.15, 0.2) is 27.6 Å². The molecule has 0 aliphatic carbocycles. The van der Waals surface area contributed by atoms with Gasteiger partial charge in [-0.15, -0.1) is 11.8 Å². The van der Waals surface area contributed by atoms with Gasteiger partial charge in [0.05, 0.1) is 0 Å². The molecule has 0 radical (unpaired) electrons. The predicted molar refractivity (Wildman–Crippen MR) is 74.8 cm³/mol. The number of halogens is 1. The van der Waals surface area contributed by atoms with Crippen LogP contribution in [0, 0.1) is 0 Å². The Hall–Kier alpha value is -0.190. The lowest BCUT2D eigenvalue weighted by molar-refractivity contribution is 0.283. The molecule has 2 nitrogen and oxygen atoms in total. The van der Waals surface area contributed by atoms with E-state index in [1.54, 1.807) is 0 Å². The molecule has 0 aliphatic heterocycles. The van der Waals surface area contributed by atoms with Gasteiger partial charge in [0, 0.05) is 21.7 Å². The summed E-state index contributed by atoms with van der Waals surface area (Å²) in [6.45, 7) is 0.316. The van der Waals surface area contributed by atoms with Crippen molar-refractivity contribution in [3.05, 3.63) is 22.7 Å². The van der Waals surface area contributed by atoms with Crippen LogP contribution in [-0.4, -0.2) is 17.5 Å². The van der Waals surface area contributed by atoms with Gasteiger partial charge in [-0.25, -0.2) is 0 Å². The number of anilines is 1. The van der Waals surface area contributed by atoms with Crippen LogP contribution in [-0.2, 0) is 0 Å². The standard InChI is InChI=1S/C12H18BrNOS/c13-11-9-10(14)5-6-12(11)16-8-4-2-1-3-7-15/h5-6,9,15H,1-4,7-8,14H2. The SMILES string of the molecule is Nc1ccc(SCCCCCCO)c(Br)c1. The zero-order chi connectivity index (χ0) is 11.8. The molecule has 0 saturated heterocycles. The van der Waals surface area contributed by atoms with Crippen LogP contribution in [0.4, 0.5) is 5.69 Å². The monoisotopic (exact) mass is 303 g/mol. The van der Waals surface area contributed by atoms with Crippen molar-refractivity contribution < 1.29 is 5.11 Å². The van der Waals surface area contributed by atoms with Gasteiger partial charge in [0.1, 0.15) is 0 Å². The fourth-order valence-electron chi connectivity index (χ4n) is 1.38. The Balaban J connectivity index is 2.21. The molecular formula is C12H18BrNOS. The molecule has 0 heterocycles. The lowest BCUT2D eigenvalue weighted by Gasteiger charge is -2.05. The summed E-state index contributed by atoms with van der Waals surface area (Å²) in [4.78, 5) is 1.25. The molecule has 1 rings (SSSR count). The van der Waals surface area contributed by atoms with Crippen molar-refractivity contribution in [2.24, 2.45) is 0 Å². The van der Waals surface area contributed by atoms with Crippen LogP contribution < -0.4 is 5.73 Å². The molecule has 90 valence electrons. The highest BCUT2D eigenvalue weighted by Crippen LogP contribution is 2.29. The number of rotatable bonds is 7. The first-order chi connectivity index (χ1) is 7.74. The lowest BCUT2D eigenvalue weighted by Crippen LogP contribution is -1.87. The first kappa shape index (κ1) is 13.9. The molecule has 0 amide bonds. The van der Waals surface area contributed by atoms with Crippen molar-refractivity contribution in [3.8, 4) is 0 Å². The van der Waals surface area contributed by atoms with E-state index in [1.807, 2.05) is 23.9 Å². The molecule has 0 saturated carbocycles. The molecule has 4 heteroatoms. The van der Waals surface area contributed by atoms with Crippen molar-refractivity contribution in [1.29, 1.82) is 0 Å². The van der Waals surface area contributed by atoms with Gasteiger partial charge in [-0.2, -0.15) is 0 Å². The summed E-state index contributed by atoms with van der Waals surface area (Å²) in [5.74, 6) is 1.12. The van der Waals surface area contributed by atoms with Gasteiger partial charge in [0.25, 0.3) is 0 Å². The van der Waals surface area contributed by atoms with Gasteiger partial charge in [0.2, 0.25) is 0 Å². The summed E-state index contributed by atoms with van der Waals surface area (Å²) in [6, 6.07) is 5.92. The number of aliphatic hydroxyl groups excluding tert-OH is 1. The van der Waals surface area contributed by atoms with Crippen molar-refractivity contribution in [1.82, 2.24) is 0 Å². The van der Waals surface area contributed by atoms with E-state index in [0.717, 1.165) is 28.8 Å². The van der Waals surface area contributed by atoms with Crippen LogP contribution in [0.25, 0.3) is 0 Å². The number of nitrogen functional groups attached to an aromatic ring is 1. The van der Waals surface area contributed by atoms with E-state index in [4.69, 9.17) is 10.8 Å². The zero-order valence-corrected chi connectivity index (χ0v) is 11.7. The quantitative estimate of drug-likeness (QED) is 0.459. The fraction of sp³-hybridized carbons (Fsp3) is 0.500. The maximum absolute atomic E-state index is 8.64. The molecule has 0 aromatic heterocycles. The number of hydrogen-bond acceptors (Lipinski definition) is 3. The molecule has 0 spiro atoms. The minimum Gasteiger partial charge on any atom is -0.399 e. The second-order valence-electron chi connectivity index (χ2n) is 3.68. The van der Waals surface area contributed by atoms with Gasteiger partial charge in [-0.3, -0.25) is 0 Å². The number of thioether (sulfide) groups is 1. The Labute approximate surface area is 110 Å². The molecule has 0 atom stereocenters. The van der Waals surface area contributed by atoms with E-state index >= 15 is 0 Å². The maximum Gasteiger partial charge on any atom is 0.0431 e. The average molecular weight is 304 g/mol. The summed E-state index contributed by atoms with van der Waals surface area (Å²) < 4.78 is 1.08. The van der Waals surface area contributed by atoms with Crippen LogP contribution >= 0.6 is 27.7 Å². The van der Waals surface area contributed by atoms with E-state index in [9.17, 15) is 0 Å². The molecule has 3 N–H and O–H groups in total. The summed E-state index contributed by atoms with van der Waals surface area (Å²) in [7, 11) is 0. The van der Waals surface area contributed by atoms with Crippen LogP contribution in [0.2, 0.25) is 0 Å². The van der Waals surface area contributed by atoms with Crippen molar-refractivity contribution in [3.63, 3.8) is 0 Å². The molecule has 0 fully saturated rings. The second kappa shape index (κ2) is 7.98. The number of hydrogen-bond donors (Lipinski definition) is 2. The van der Waals surface area contributed by atoms with E-state index in [0.29, 0.717) is 6.61 Å². The summed E-state index contributed by atoms with van der Waals surface area (Å²) in [5, 5.41) is 8.64. The highest BCUT2D eigenvalue weighted by molar-refractivity contribution is 9.10. The first-order valence-electron chi connectivity index (χ1n) is 5.52. The summed E-state index contributed by atoms with van der Waals surface area (Å²) >= 11 is 5.36. The molecule has 0 unspecified atom stereocenters. The van der Waals surface area contributed by atoms with Gasteiger partial charge in [-0.1, -0.05) is 12.8 Å². The van der Waals surface area contributed by atoms with Crippen LogP contribution in [0.5, 0.6) is 0 Å². The molecule has 16 heavy (non-hydrogen) atoms. The smallest absolute Gasteiger partial charge is 0.0431 e. The predicted octanol–water partition coefficient (Wildman–Crippen LogP) is 3.68. The third-order valence-electron chi connectivity index (χ3n) is 2.27. The first-order valence-corrected chi connectivity index (χ1v) is 7.30.